The van der Waals surface area contributed by atoms with Gasteiger partial charge in [-0.15, -0.1) is 0 Å². The Hall–Kier alpha value is -3.47. The van der Waals surface area contributed by atoms with E-state index in [1.807, 2.05) is 30.3 Å². The molecule has 1 aliphatic rings. The summed E-state index contributed by atoms with van der Waals surface area (Å²) >= 11 is 0. The largest absolute Gasteiger partial charge is 0.478 e. The highest BCUT2D eigenvalue weighted by Crippen LogP contribution is 2.35. The van der Waals surface area contributed by atoms with Gasteiger partial charge >= 0.3 is 5.97 Å². The van der Waals surface area contributed by atoms with Crippen LogP contribution >= 0.6 is 0 Å². The van der Waals surface area contributed by atoms with Gasteiger partial charge in [-0.1, -0.05) is 80.3 Å². The summed E-state index contributed by atoms with van der Waals surface area (Å²) in [4.78, 5) is 28.3. The lowest BCUT2D eigenvalue weighted by molar-refractivity contribution is -0.118. The first-order chi connectivity index (χ1) is 15.1. The molecule has 1 aliphatic carbocycles. The van der Waals surface area contributed by atoms with Gasteiger partial charge in [-0.05, 0) is 41.2 Å². The highest BCUT2D eigenvalue weighted by Gasteiger charge is 2.27. The maximum absolute atomic E-state index is 13.2. The molecule has 3 aromatic rings. The van der Waals surface area contributed by atoms with E-state index >= 15 is 0 Å². The van der Waals surface area contributed by atoms with E-state index in [9.17, 15) is 9.59 Å². The number of carbonyl (C=O) groups excluding carboxylic acids is 1. The minimum Gasteiger partial charge on any atom is -0.478 e. The molecule has 0 saturated heterocycles. The summed E-state index contributed by atoms with van der Waals surface area (Å²) in [5.74, 6) is -0.494. The maximum atomic E-state index is 13.2. The van der Waals surface area contributed by atoms with Crippen LogP contribution in [0, 0.1) is 5.92 Å². The number of nitrogens with zero attached hydrogens (tertiary/aromatic N) is 1. The molecule has 5 nitrogen and oxygen atoms in total. The predicted molar refractivity (Wildman–Crippen MR) is 121 cm³/mol. The average Bonchev–Trinajstić information content (AvgIpc) is 3.32. The summed E-state index contributed by atoms with van der Waals surface area (Å²) in [6.45, 7) is 0. The lowest BCUT2D eigenvalue weighted by Gasteiger charge is -2.21. The zero-order valence-corrected chi connectivity index (χ0v) is 17.3. The fraction of sp³-hybridized carbons (Fsp3) is 0.269. The van der Waals surface area contributed by atoms with Crippen molar-refractivity contribution in [1.82, 2.24) is 4.98 Å². The molecule has 0 radical (unpaired) electrons. The molecule has 1 saturated carbocycles. The second-order valence-corrected chi connectivity index (χ2v) is 8.15. The van der Waals surface area contributed by atoms with E-state index < -0.39 is 5.97 Å². The first-order valence-corrected chi connectivity index (χ1v) is 10.8. The van der Waals surface area contributed by atoms with E-state index in [2.05, 4.69) is 34.6 Å². The van der Waals surface area contributed by atoms with Crippen molar-refractivity contribution in [2.75, 3.05) is 5.32 Å². The zero-order valence-electron chi connectivity index (χ0n) is 17.3. The molecule has 31 heavy (non-hydrogen) atoms. The van der Waals surface area contributed by atoms with Crippen molar-refractivity contribution in [2.45, 2.75) is 38.0 Å². The molecule has 1 heterocycles. The molecular weight excluding hydrogens is 388 g/mol. The van der Waals surface area contributed by atoms with Gasteiger partial charge in [0.2, 0.25) is 5.91 Å². The fourth-order valence-corrected chi connectivity index (χ4v) is 4.32. The van der Waals surface area contributed by atoms with Crippen LogP contribution in [0.1, 0.15) is 53.9 Å². The minimum atomic E-state index is -1.04. The number of carbonyl (C=O) groups is 2. The molecule has 1 unspecified atom stereocenters. The quantitative estimate of drug-likeness (QED) is 0.516. The monoisotopic (exact) mass is 414 g/mol. The lowest BCUT2D eigenvalue weighted by atomic mass is 9.86. The normalized spacial score (nSPS) is 14.8. The zero-order chi connectivity index (χ0) is 21.6. The summed E-state index contributed by atoms with van der Waals surface area (Å²) in [6.07, 6.45) is 6.85. The number of hydrogen-bond acceptors (Lipinski definition) is 3. The number of carboxylic acids is 1. The van der Waals surface area contributed by atoms with E-state index in [4.69, 9.17) is 5.11 Å². The average molecular weight is 415 g/mol. The van der Waals surface area contributed by atoms with Gasteiger partial charge in [0.05, 0.1) is 11.5 Å². The van der Waals surface area contributed by atoms with Gasteiger partial charge in [-0.3, -0.25) is 4.79 Å². The third kappa shape index (κ3) is 5.18. The summed E-state index contributed by atoms with van der Waals surface area (Å²) in [6, 6.07) is 21.4. The third-order valence-corrected chi connectivity index (χ3v) is 6.04. The standard InChI is InChI=1S/C26H26N2O3/c29-25(28-24-15-14-22(17-27-24)26(30)31)23(16-18-6-4-5-7-18)21-12-10-20(11-13-21)19-8-2-1-3-9-19/h1-3,8-15,17-18,23H,4-7,16H2,(H,30,31)(H,27,28,29). The first-order valence-electron chi connectivity index (χ1n) is 10.8. The number of pyridine rings is 1. The van der Waals surface area contributed by atoms with Crippen LogP contribution < -0.4 is 5.32 Å². The Kier molecular flexibility index (Phi) is 6.41. The van der Waals surface area contributed by atoms with E-state index in [0.717, 1.165) is 36.0 Å². The second-order valence-electron chi connectivity index (χ2n) is 8.15. The molecule has 0 bridgehead atoms. The van der Waals surface area contributed by atoms with Crippen molar-refractivity contribution in [3.05, 3.63) is 84.1 Å². The molecule has 1 atom stereocenters. The van der Waals surface area contributed by atoms with Crippen LogP contribution in [0.15, 0.2) is 72.9 Å². The fourth-order valence-electron chi connectivity index (χ4n) is 4.32. The predicted octanol–water partition coefficient (Wildman–Crippen LogP) is 5.75. The first kappa shape index (κ1) is 20.8. The molecule has 0 aliphatic heterocycles. The molecule has 1 amide bonds. The molecule has 158 valence electrons. The van der Waals surface area contributed by atoms with Crippen molar-refractivity contribution in [3.63, 3.8) is 0 Å². The number of aromatic nitrogens is 1. The van der Waals surface area contributed by atoms with Crippen LogP contribution in [0.25, 0.3) is 11.1 Å². The summed E-state index contributed by atoms with van der Waals surface area (Å²) < 4.78 is 0. The summed E-state index contributed by atoms with van der Waals surface area (Å²) in [7, 11) is 0. The topological polar surface area (TPSA) is 79.3 Å². The number of benzene rings is 2. The van der Waals surface area contributed by atoms with Gasteiger partial charge < -0.3 is 10.4 Å². The highest BCUT2D eigenvalue weighted by atomic mass is 16.4. The van der Waals surface area contributed by atoms with Crippen molar-refractivity contribution < 1.29 is 14.7 Å². The Morgan fingerprint density at radius 3 is 2.23 bits per heavy atom. The molecule has 2 aromatic carbocycles. The van der Waals surface area contributed by atoms with Crippen LogP contribution in [-0.4, -0.2) is 22.0 Å². The van der Waals surface area contributed by atoms with Crippen LogP contribution in [-0.2, 0) is 4.79 Å². The Bertz CT molecular complexity index is 1020. The highest BCUT2D eigenvalue weighted by molar-refractivity contribution is 5.95. The molecule has 1 aromatic heterocycles. The Morgan fingerprint density at radius 2 is 1.61 bits per heavy atom. The lowest BCUT2D eigenvalue weighted by Crippen LogP contribution is -2.23. The Morgan fingerprint density at radius 1 is 0.935 bits per heavy atom. The van der Waals surface area contributed by atoms with E-state index in [1.54, 1.807) is 0 Å². The van der Waals surface area contributed by atoms with E-state index in [0.29, 0.717) is 11.7 Å². The van der Waals surface area contributed by atoms with Crippen LogP contribution in [0.2, 0.25) is 0 Å². The van der Waals surface area contributed by atoms with Gasteiger partial charge in [-0.2, -0.15) is 0 Å². The van der Waals surface area contributed by atoms with Crippen molar-refractivity contribution in [3.8, 4) is 11.1 Å². The molecule has 2 N–H and O–H groups in total. The molecule has 0 spiro atoms. The minimum absolute atomic E-state index is 0.0944. The third-order valence-electron chi connectivity index (χ3n) is 6.04. The van der Waals surface area contributed by atoms with Crippen LogP contribution in [0.3, 0.4) is 0 Å². The van der Waals surface area contributed by atoms with Gasteiger partial charge in [0.15, 0.2) is 0 Å². The number of anilines is 1. The van der Waals surface area contributed by atoms with Crippen LogP contribution in [0.5, 0.6) is 0 Å². The number of carboxylic acid groups (broad SMARTS) is 1. The second kappa shape index (κ2) is 9.56. The smallest absolute Gasteiger partial charge is 0.337 e. The number of amides is 1. The number of rotatable bonds is 7. The van der Waals surface area contributed by atoms with Crippen molar-refractivity contribution >= 4 is 17.7 Å². The number of nitrogens with one attached hydrogen (secondary N) is 1. The molecule has 5 heteroatoms. The summed E-state index contributed by atoms with van der Waals surface area (Å²) in [5.41, 5.74) is 3.35. The summed E-state index contributed by atoms with van der Waals surface area (Å²) in [5, 5.41) is 11.9. The molecular formula is C26H26N2O3. The van der Waals surface area contributed by atoms with Gasteiger partial charge in [0.25, 0.3) is 0 Å². The Labute approximate surface area is 182 Å². The van der Waals surface area contributed by atoms with E-state index in [-0.39, 0.29) is 17.4 Å². The van der Waals surface area contributed by atoms with Gasteiger partial charge in [-0.25, -0.2) is 9.78 Å². The van der Waals surface area contributed by atoms with Crippen molar-refractivity contribution in [2.24, 2.45) is 5.92 Å². The van der Waals surface area contributed by atoms with E-state index in [1.165, 1.54) is 31.2 Å². The van der Waals surface area contributed by atoms with Gasteiger partial charge in [0.1, 0.15) is 5.82 Å². The maximum Gasteiger partial charge on any atom is 0.337 e. The SMILES string of the molecule is O=C(O)c1ccc(NC(=O)C(CC2CCCC2)c2ccc(-c3ccccc3)cc2)nc1. The molecule has 1 fully saturated rings. The number of aromatic carboxylic acids is 1. The van der Waals surface area contributed by atoms with Crippen LogP contribution in [0.4, 0.5) is 5.82 Å². The number of hydrogen-bond donors (Lipinski definition) is 2. The Balaban J connectivity index is 1.54. The van der Waals surface area contributed by atoms with Crippen molar-refractivity contribution in [1.29, 1.82) is 0 Å². The van der Waals surface area contributed by atoms with Gasteiger partial charge in [0, 0.05) is 6.20 Å². The molecule has 4 rings (SSSR count).